The van der Waals surface area contributed by atoms with Gasteiger partial charge in [0.2, 0.25) is 5.91 Å². The third-order valence-corrected chi connectivity index (χ3v) is 5.77. The zero-order valence-electron chi connectivity index (χ0n) is 16.1. The van der Waals surface area contributed by atoms with Gasteiger partial charge in [0.25, 0.3) is 5.91 Å². The van der Waals surface area contributed by atoms with E-state index in [9.17, 15) is 14.0 Å². The smallest absolute Gasteiger partial charge is 0.274 e. The maximum Gasteiger partial charge on any atom is 0.274 e. The number of pyridine rings is 2. The first kappa shape index (κ1) is 18.4. The number of hydrogen-bond acceptors (Lipinski definition) is 4. The third-order valence-electron chi connectivity index (χ3n) is 5.77. The van der Waals surface area contributed by atoms with Crippen LogP contribution in [0.3, 0.4) is 0 Å². The van der Waals surface area contributed by atoms with Crippen LogP contribution in [0.4, 0.5) is 4.39 Å². The highest BCUT2D eigenvalue weighted by Crippen LogP contribution is 2.46. The zero-order valence-corrected chi connectivity index (χ0v) is 16.1. The maximum absolute atomic E-state index is 13.8. The van der Waals surface area contributed by atoms with Gasteiger partial charge in [-0.15, -0.1) is 0 Å². The van der Waals surface area contributed by atoms with Gasteiger partial charge in [-0.3, -0.25) is 14.6 Å². The fraction of sp³-hybridized carbons (Fsp3) is 0.217. The lowest BCUT2D eigenvalue weighted by Crippen LogP contribution is -2.49. The summed E-state index contributed by atoms with van der Waals surface area (Å²) in [5, 5.41) is 2.80. The van der Waals surface area contributed by atoms with Crippen molar-refractivity contribution in [1.29, 1.82) is 0 Å². The van der Waals surface area contributed by atoms with Gasteiger partial charge in [0.15, 0.2) is 0 Å². The molecule has 5 rings (SSSR count). The monoisotopic (exact) mass is 402 g/mol. The molecular formula is C23H19FN4O2. The number of fused-ring (bicyclic) bond motifs is 1. The number of rotatable bonds is 5. The van der Waals surface area contributed by atoms with Gasteiger partial charge in [-0.2, -0.15) is 0 Å². The first-order valence-electron chi connectivity index (χ1n) is 9.82. The average molecular weight is 402 g/mol. The molecule has 7 heteroatoms. The van der Waals surface area contributed by atoms with E-state index in [4.69, 9.17) is 0 Å². The largest absolute Gasteiger partial charge is 0.350 e. The highest BCUT2D eigenvalue weighted by Gasteiger charge is 2.58. The molecular weight excluding hydrogens is 383 g/mol. The molecule has 30 heavy (non-hydrogen) atoms. The van der Waals surface area contributed by atoms with Crippen LogP contribution in [0.25, 0.3) is 11.3 Å². The Morgan fingerprint density at radius 3 is 2.70 bits per heavy atom. The maximum atomic E-state index is 13.8. The predicted octanol–water partition coefficient (Wildman–Crippen LogP) is 3.09. The molecule has 0 unspecified atom stereocenters. The molecule has 0 saturated heterocycles. The molecule has 150 valence electrons. The van der Waals surface area contributed by atoms with Crippen molar-refractivity contribution >= 4 is 11.8 Å². The quantitative estimate of drug-likeness (QED) is 0.712. The van der Waals surface area contributed by atoms with Crippen molar-refractivity contribution < 1.29 is 14.0 Å². The summed E-state index contributed by atoms with van der Waals surface area (Å²) in [7, 11) is 0. The van der Waals surface area contributed by atoms with Gasteiger partial charge < -0.3 is 10.2 Å². The number of benzene rings is 1. The lowest BCUT2D eigenvalue weighted by Gasteiger charge is -2.26. The number of nitrogens with one attached hydrogen (secondary N) is 1. The van der Waals surface area contributed by atoms with Crippen LogP contribution in [0, 0.1) is 5.82 Å². The van der Waals surface area contributed by atoms with E-state index in [1.54, 1.807) is 35.5 Å². The summed E-state index contributed by atoms with van der Waals surface area (Å²) in [6.45, 7) is 0.438. The standard InChI is InChI=1S/C23H19FN4O2/c24-18-6-2-1-4-15(18)13-26-22(30)23(9-10-23)28-14-17-7-8-19(27-20(17)21(28)29)16-5-3-11-25-12-16/h1-8,11-12H,9-10,13-14H2,(H,26,30). The van der Waals surface area contributed by atoms with Crippen LogP contribution < -0.4 is 5.32 Å². The molecule has 1 aromatic carbocycles. The number of nitrogens with zero attached hydrogens (tertiary/aromatic N) is 3. The summed E-state index contributed by atoms with van der Waals surface area (Å²) in [6.07, 6.45) is 4.56. The fourth-order valence-corrected chi connectivity index (χ4v) is 3.91. The van der Waals surface area contributed by atoms with E-state index in [-0.39, 0.29) is 24.2 Å². The topological polar surface area (TPSA) is 75.2 Å². The van der Waals surface area contributed by atoms with Crippen LogP contribution in [-0.4, -0.2) is 32.2 Å². The minimum atomic E-state index is -0.877. The minimum Gasteiger partial charge on any atom is -0.350 e. The summed E-state index contributed by atoms with van der Waals surface area (Å²) < 4.78 is 13.8. The Kier molecular flexibility index (Phi) is 4.31. The van der Waals surface area contributed by atoms with E-state index in [0.29, 0.717) is 36.3 Å². The number of hydrogen-bond donors (Lipinski definition) is 1. The minimum absolute atomic E-state index is 0.0889. The molecule has 0 bridgehead atoms. The molecule has 2 amide bonds. The lowest BCUT2D eigenvalue weighted by molar-refractivity contribution is -0.127. The first-order chi connectivity index (χ1) is 14.6. The summed E-state index contributed by atoms with van der Waals surface area (Å²) in [5.41, 5.74) is 2.23. The van der Waals surface area contributed by atoms with Crippen LogP contribution in [0.2, 0.25) is 0 Å². The number of carbonyl (C=O) groups is 2. The number of halogens is 1. The molecule has 1 aliphatic carbocycles. The normalized spacial score (nSPS) is 16.3. The van der Waals surface area contributed by atoms with E-state index < -0.39 is 5.54 Å². The van der Waals surface area contributed by atoms with Gasteiger partial charge in [-0.1, -0.05) is 24.3 Å². The van der Waals surface area contributed by atoms with Crippen LogP contribution in [-0.2, 0) is 17.9 Å². The Balaban J connectivity index is 1.35. The van der Waals surface area contributed by atoms with Crippen LogP contribution in [0.5, 0.6) is 0 Å². The summed E-state index contributed by atoms with van der Waals surface area (Å²) >= 11 is 0. The van der Waals surface area contributed by atoms with E-state index in [1.807, 2.05) is 24.3 Å². The van der Waals surface area contributed by atoms with Crippen molar-refractivity contribution in [2.24, 2.45) is 0 Å². The lowest BCUT2D eigenvalue weighted by atomic mass is 10.1. The van der Waals surface area contributed by atoms with Gasteiger partial charge in [0.05, 0.1) is 5.69 Å². The van der Waals surface area contributed by atoms with Crippen LogP contribution in [0.1, 0.15) is 34.5 Å². The number of carbonyl (C=O) groups excluding carboxylic acids is 2. The van der Waals surface area contributed by atoms with Gasteiger partial charge in [-0.25, -0.2) is 9.37 Å². The van der Waals surface area contributed by atoms with E-state index in [1.165, 1.54) is 6.07 Å². The first-order valence-corrected chi connectivity index (χ1v) is 9.82. The van der Waals surface area contributed by atoms with Gasteiger partial charge in [0, 0.05) is 42.2 Å². The number of aromatic nitrogens is 2. The Morgan fingerprint density at radius 2 is 1.97 bits per heavy atom. The molecule has 3 heterocycles. The molecule has 0 radical (unpaired) electrons. The molecule has 0 spiro atoms. The molecule has 1 N–H and O–H groups in total. The van der Waals surface area contributed by atoms with Crippen molar-refractivity contribution in [3.05, 3.63) is 83.6 Å². The molecule has 1 fully saturated rings. The SMILES string of the molecule is O=C1c2nc(-c3cccnc3)ccc2CN1C1(C(=O)NCc2ccccc2F)CC1. The van der Waals surface area contributed by atoms with Gasteiger partial charge in [-0.05, 0) is 37.1 Å². The van der Waals surface area contributed by atoms with Crippen LogP contribution >= 0.6 is 0 Å². The second kappa shape index (κ2) is 7.02. The van der Waals surface area contributed by atoms with Crippen molar-refractivity contribution in [2.45, 2.75) is 31.5 Å². The zero-order chi connectivity index (χ0) is 20.7. The summed E-state index contributed by atoms with van der Waals surface area (Å²) in [5.74, 6) is -0.854. The van der Waals surface area contributed by atoms with Crippen molar-refractivity contribution in [3.63, 3.8) is 0 Å². The third kappa shape index (κ3) is 3.03. The molecule has 0 atom stereocenters. The Hall–Kier alpha value is -3.61. The molecule has 3 aromatic rings. The second-order valence-electron chi connectivity index (χ2n) is 7.64. The Labute approximate surface area is 172 Å². The number of amides is 2. The Bertz CT molecular complexity index is 1140. The molecule has 1 saturated carbocycles. The highest BCUT2D eigenvalue weighted by atomic mass is 19.1. The highest BCUT2D eigenvalue weighted by molar-refractivity contribution is 6.02. The van der Waals surface area contributed by atoms with Crippen molar-refractivity contribution in [2.75, 3.05) is 0 Å². The summed E-state index contributed by atoms with van der Waals surface area (Å²) in [6, 6.07) is 13.8. The molecule has 2 aliphatic rings. The van der Waals surface area contributed by atoms with Gasteiger partial charge >= 0.3 is 0 Å². The van der Waals surface area contributed by atoms with E-state index in [0.717, 1.165) is 11.1 Å². The average Bonchev–Trinajstić information content (AvgIpc) is 3.52. The molecule has 2 aromatic heterocycles. The second-order valence-corrected chi connectivity index (χ2v) is 7.64. The van der Waals surface area contributed by atoms with Crippen LogP contribution in [0.15, 0.2) is 60.9 Å². The van der Waals surface area contributed by atoms with Crippen molar-refractivity contribution in [1.82, 2.24) is 20.2 Å². The molecule has 1 aliphatic heterocycles. The van der Waals surface area contributed by atoms with E-state index >= 15 is 0 Å². The van der Waals surface area contributed by atoms with Gasteiger partial charge in [0.1, 0.15) is 17.1 Å². The Morgan fingerprint density at radius 1 is 1.13 bits per heavy atom. The van der Waals surface area contributed by atoms with E-state index in [2.05, 4.69) is 15.3 Å². The predicted molar refractivity (Wildman–Crippen MR) is 108 cm³/mol. The fourth-order valence-electron chi connectivity index (χ4n) is 3.91. The van der Waals surface area contributed by atoms with Crippen molar-refractivity contribution in [3.8, 4) is 11.3 Å². The summed E-state index contributed by atoms with van der Waals surface area (Å²) in [4.78, 5) is 36.3. The molecule has 6 nitrogen and oxygen atoms in total.